The molecule has 0 aliphatic heterocycles. The first-order valence-corrected chi connectivity index (χ1v) is 17.6. The molecule has 0 saturated carbocycles. The first-order chi connectivity index (χ1) is 23.5. The molecule has 1 unspecified atom stereocenters. The van der Waals surface area contributed by atoms with Gasteiger partial charge in [-0.15, -0.1) is 16.4 Å². The van der Waals surface area contributed by atoms with Gasteiger partial charge in [0.2, 0.25) is 0 Å². The number of para-hydroxylation sites is 1. The van der Waals surface area contributed by atoms with Gasteiger partial charge in [0.05, 0.1) is 21.3 Å². The van der Waals surface area contributed by atoms with Crippen molar-refractivity contribution < 1.29 is 126 Å². The SMILES string of the molecule is O=C(O)c1ccc2scc(-c3ccc(CC(Cc4ccc(C(F)(F)P(=O)(O)O)cc4)(c4ccccc4)n4nnc5ccccc54)cc3)c2n1.[H-].[H-].[H-].[Na+].[Na+].[Na+]. The Morgan fingerprint density at radius 2 is 1.38 bits per heavy atom. The van der Waals surface area contributed by atoms with Gasteiger partial charge >= 0.3 is 108 Å². The molecular formula is C36H30F2N4Na3O5PS. The zero-order valence-corrected chi connectivity index (χ0v) is 36.2. The van der Waals surface area contributed by atoms with Gasteiger partial charge in [-0.3, -0.25) is 4.57 Å². The average molecular weight is 769 g/mol. The maximum Gasteiger partial charge on any atom is 1.00 e. The summed E-state index contributed by atoms with van der Waals surface area (Å²) >= 11 is 1.48. The maximum absolute atomic E-state index is 14.5. The van der Waals surface area contributed by atoms with Gasteiger partial charge in [0.15, 0.2) is 0 Å². The van der Waals surface area contributed by atoms with Gasteiger partial charge < -0.3 is 19.2 Å². The second-order valence-electron chi connectivity index (χ2n) is 11.7. The van der Waals surface area contributed by atoms with Crippen molar-refractivity contribution in [3.8, 4) is 11.1 Å². The Morgan fingerprint density at radius 1 is 0.788 bits per heavy atom. The third-order valence-electron chi connectivity index (χ3n) is 8.63. The van der Waals surface area contributed by atoms with Crippen LogP contribution in [0.2, 0.25) is 0 Å². The van der Waals surface area contributed by atoms with Crippen LogP contribution < -0.4 is 88.7 Å². The molecule has 3 N–H and O–H groups in total. The standard InChI is InChI=1S/C36H27F2N4O5PS.3Na.3H/c37-36(38,48(45,46)47)27-16-12-24(13-17-27)21-35(26-6-2-1-3-7-26,42-31-9-5-4-8-29(31)40-41-42)20-23-10-14-25(15-11-23)28-22-49-32-19-18-30(34(43)44)39-33(28)32;;;;;;/h1-19,22H,20-21H2,(H,43,44)(H2,45,46,47);;;;;;/q;3*+1;3*-1. The molecule has 9 nitrogen and oxygen atoms in total. The fourth-order valence-electron chi connectivity index (χ4n) is 6.18. The zero-order chi connectivity index (χ0) is 34.4. The number of benzene rings is 4. The summed E-state index contributed by atoms with van der Waals surface area (Å²) in [5.74, 6) is -1.10. The van der Waals surface area contributed by atoms with Crippen molar-refractivity contribution in [1.29, 1.82) is 0 Å². The van der Waals surface area contributed by atoms with E-state index in [9.17, 15) is 33.0 Å². The molecule has 4 aromatic carbocycles. The molecule has 0 bridgehead atoms. The van der Waals surface area contributed by atoms with Crippen LogP contribution in [0.3, 0.4) is 0 Å². The van der Waals surface area contributed by atoms with Crippen LogP contribution in [0, 0.1) is 0 Å². The number of aromatic nitrogens is 4. The van der Waals surface area contributed by atoms with Crippen molar-refractivity contribution in [2.24, 2.45) is 0 Å². The summed E-state index contributed by atoms with van der Waals surface area (Å²) in [7, 11) is -5.74. The summed E-state index contributed by atoms with van der Waals surface area (Å²) in [5, 5.41) is 20.5. The molecular weight excluding hydrogens is 738 g/mol. The van der Waals surface area contributed by atoms with E-state index in [0.29, 0.717) is 23.0 Å². The van der Waals surface area contributed by atoms with Gasteiger partial charge in [-0.1, -0.05) is 96.2 Å². The molecule has 0 aliphatic rings. The van der Waals surface area contributed by atoms with Gasteiger partial charge in [0.1, 0.15) is 11.2 Å². The van der Waals surface area contributed by atoms with Crippen molar-refractivity contribution in [3.63, 3.8) is 0 Å². The molecule has 0 radical (unpaired) electrons. The number of halogens is 2. The van der Waals surface area contributed by atoms with Crippen LogP contribution in [-0.4, -0.2) is 40.8 Å². The number of thiophene rings is 1. The van der Waals surface area contributed by atoms with Crippen molar-refractivity contribution in [2.75, 3.05) is 0 Å². The Balaban J connectivity index is 0.00000252. The quantitative estimate of drug-likeness (QED) is 0.122. The van der Waals surface area contributed by atoms with Crippen LogP contribution in [0.5, 0.6) is 0 Å². The number of pyridine rings is 1. The predicted octanol–water partition coefficient (Wildman–Crippen LogP) is -0.788. The van der Waals surface area contributed by atoms with E-state index in [1.165, 1.54) is 29.5 Å². The van der Waals surface area contributed by atoms with Crippen molar-refractivity contribution >= 4 is 46.2 Å². The Bertz CT molecular complexity index is 2390. The average Bonchev–Trinajstić information content (AvgIpc) is 3.73. The second-order valence-corrected chi connectivity index (χ2v) is 14.3. The number of nitrogens with zero attached hydrogens (tertiary/aromatic N) is 4. The number of carboxylic acids is 1. The van der Waals surface area contributed by atoms with Crippen LogP contribution >= 0.6 is 18.9 Å². The third kappa shape index (κ3) is 8.25. The van der Waals surface area contributed by atoms with E-state index < -0.39 is 30.3 Å². The minimum Gasteiger partial charge on any atom is -1.00 e. The number of aromatic carboxylic acids is 1. The first-order valence-electron chi connectivity index (χ1n) is 15.1. The Labute approximate surface area is 372 Å². The van der Waals surface area contributed by atoms with E-state index in [1.807, 2.05) is 88.9 Å². The van der Waals surface area contributed by atoms with E-state index in [0.717, 1.165) is 44.6 Å². The minimum absolute atomic E-state index is 0. The molecule has 252 valence electrons. The normalized spacial score (nSPS) is 12.7. The molecule has 3 aromatic heterocycles. The molecule has 0 saturated heterocycles. The van der Waals surface area contributed by atoms with E-state index in [-0.39, 0.29) is 105 Å². The topological polar surface area (TPSA) is 138 Å². The molecule has 0 amide bonds. The molecule has 52 heavy (non-hydrogen) atoms. The van der Waals surface area contributed by atoms with E-state index in [4.69, 9.17) is 0 Å². The Kier molecular flexibility index (Phi) is 14.0. The zero-order valence-electron chi connectivity index (χ0n) is 31.5. The molecule has 0 fully saturated rings. The second kappa shape index (κ2) is 17.1. The summed E-state index contributed by atoms with van der Waals surface area (Å²) in [6, 6.07) is 33.4. The van der Waals surface area contributed by atoms with Gasteiger partial charge in [-0.25, -0.2) is 14.5 Å². The van der Waals surface area contributed by atoms with Gasteiger partial charge in [-0.2, -0.15) is 8.78 Å². The summed E-state index contributed by atoms with van der Waals surface area (Å²) < 4.78 is 43.4. The van der Waals surface area contributed by atoms with Gasteiger partial charge in [-0.05, 0) is 46.5 Å². The maximum atomic E-state index is 14.5. The van der Waals surface area contributed by atoms with Crippen LogP contribution in [0.15, 0.2) is 121 Å². The number of carboxylic acid groups (broad SMARTS) is 1. The van der Waals surface area contributed by atoms with Crippen LogP contribution in [-0.2, 0) is 28.6 Å². The third-order valence-corrected chi connectivity index (χ3v) is 10.6. The molecule has 7 rings (SSSR count). The summed E-state index contributed by atoms with van der Waals surface area (Å²) in [6.45, 7) is 0. The van der Waals surface area contributed by atoms with Crippen molar-refractivity contribution in [3.05, 3.63) is 149 Å². The number of alkyl halides is 2. The van der Waals surface area contributed by atoms with E-state index in [1.54, 1.807) is 6.07 Å². The molecule has 16 heteroatoms. The molecule has 7 aromatic rings. The van der Waals surface area contributed by atoms with Crippen molar-refractivity contribution in [2.45, 2.75) is 24.0 Å². The molecule has 0 aliphatic carbocycles. The monoisotopic (exact) mass is 768 g/mol. The summed E-state index contributed by atoms with van der Waals surface area (Å²) in [5.41, 5.74) is 0.102. The van der Waals surface area contributed by atoms with E-state index >= 15 is 0 Å². The predicted molar refractivity (Wildman–Crippen MR) is 186 cm³/mol. The largest absolute Gasteiger partial charge is 1.00 e. The van der Waals surface area contributed by atoms with Crippen LogP contribution in [0.1, 0.15) is 37.0 Å². The van der Waals surface area contributed by atoms with Crippen LogP contribution in [0.25, 0.3) is 32.4 Å². The van der Waals surface area contributed by atoms with Gasteiger partial charge in [0, 0.05) is 29.3 Å². The molecule has 0 spiro atoms. The van der Waals surface area contributed by atoms with E-state index in [2.05, 4.69) is 15.3 Å². The smallest absolute Gasteiger partial charge is 1.00 e. The first kappa shape index (κ1) is 42.6. The Hall–Kier alpha value is -2.13. The van der Waals surface area contributed by atoms with Crippen molar-refractivity contribution in [1.82, 2.24) is 20.0 Å². The number of hydrogen-bond donors (Lipinski definition) is 3. The fraction of sp³-hybridized carbons (Fsp3) is 0.111. The minimum atomic E-state index is -5.74. The number of rotatable bonds is 10. The molecule has 3 heterocycles. The molecule has 1 atom stereocenters. The Morgan fingerprint density at radius 3 is 2.00 bits per heavy atom. The fourth-order valence-corrected chi connectivity index (χ4v) is 7.57. The number of hydrogen-bond acceptors (Lipinski definition) is 6. The van der Waals surface area contributed by atoms with Gasteiger partial charge in [0.25, 0.3) is 0 Å². The summed E-state index contributed by atoms with van der Waals surface area (Å²) in [6.07, 6.45) is 0.668. The number of fused-ring (bicyclic) bond motifs is 2. The van der Waals surface area contributed by atoms with Crippen LogP contribution in [0.4, 0.5) is 8.78 Å². The number of carbonyl (C=O) groups is 1. The summed E-state index contributed by atoms with van der Waals surface area (Å²) in [4.78, 5) is 34.5.